The standard InChI is InChI=1S/C40H52N2O15S4.3Na/c1-39(21-12-26-58(45,46)47)32-28-30(60(51,52)53)17-19-34(32)41(23-11-7-10-16-38(43)44)36(39)14-8-5-4-6-9-15-37-40(2,22-13-27-59(48,49)50)33-29-31(61(54,55)56)18-20-35(33)42(37)24-25-57-3;;;/h4-6,8-9,14-15,17-20,28-29H,7,10-13,16,21-27H2,1-3H3,(H4-,43,44,45,46,47,48,49,50,51,52,53,54,55,56);;;/q;3*+1/p+1. The van der Waals surface area contributed by atoms with Gasteiger partial charge in [0.1, 0.15) is 6.54 Å². The Hall–Kier alpha value is -1.06. The van der Waals surface area contributed by atoms with Gasteiger partial charge in [0.2, 0.25) is 5.69 Å². The number of unbranched alkanes of at least 4 members (excludes halogenated alkanes) is 2. The number of ether oxygens (including phenoxy) is 1. The van der Waals surface area contributed by atoms with Crippen LogP contribution in [0.3, 0.4) is 0 Å². The Bertz CT molecular complexity index is 2600. The number of allylic oxidation sites excluding steroid dienone is 8. The number of rotatable bonds is 23. The average molecular weight is 999 g/mol. The first-order valence-corrected chi connectivity index (χ1v) is 25.4. The van der Waals surface area contributed by atoms with Gasteiger partial charge in [-0.1, -0.05) is 30.4 Å². The number of anilines is 1. The van der Waals surface area contributed by atoms with E-state index in [0.29, 0.717) is 66.3 Å². The zero-order valence-corrected chi connectivity index (χ0v) is 46.3. The van der Waals surface area contributed by atoms with Gasteiger partial charge in [-0.3, -0.25) is 23.0 Å². The molecule has 2 aromatic carbocycles. The van der Waals surface area contributed by atoms with Crippen molar-refractivity contribution in [1.82, 2.24) is 0 Å². The Morgan fingerprint density at radius 3 is 1.78 bits per heavy atom. The number of carboxylic acid groups (broad SMARTS) is 1. The van der Waals surface area contributed by atoms with E-state index in [9.17, 15) is 56.7 Å². The second kappa shape index (κ2) is 25.5. The largest absolute Gasteiger partial charge is 1.00 e. The van der Waals surface area contributed by atoms with E-state index in [1.165, 1.54) is 31.4 Å². The van der Waals surface area contributed by atoms with Gasteiger partial charge in [-0.2, -0.15) is 38.2 Å². The molecule has 0 aliphatic carbocycles. The van der Waals surface area contributed by atoms with Crippen molar-refractivity contribution < 1.29 is 160 Å². The van der Waals surface area contributed by atoms with Gasteiger partial charge >= 0.3 is 94.6 Å². The number of hydrogen-bond donors (Lipinski definition) is 5. The topological polar surface area (TPSA) is 270 Å². The molecule has 0 spiro atoms. The van der Waals surface area contributed by atoms with Crippen LogP contribution in [0.15, 0.2) is 94.4 Å². The number of hydrogen-bond acceptors (Lipinski definition) is 11. The molecule has 5 N–H and O–H groups in total. The van der Waals surface area contributed by atoms with Crippen molar-refractivity contribution in [1.29, 1.82) is 0 Å². The molecule has 2 aliphatic rings. The van der Waals surface area contributed by atoms with E-state index < -0.39 is 68.8 Å². The molecule has 24 heteroatoms. The van der Waals surface area contributed by atoms with E-state index in [2.05, 4.69) is 0 Å². The van der Waals surface area contributed by atoms with Crippen LogP contribution in [0.1, 0.15) is 76.3 Å². The third kappa shape index (κ3) is 16.6. The van der Waals surface area contributed by atoms with Crippen molar-refractivity contribution in [3.05, 3.63) is 95.8 Å². The summed E-state index contributed by atoms with van der Waals surface area (Å²) in [5.74, 6) is -1.99. The molecule has 2 atom stereocenters. The van der Waals surface area contributed by atoms with Crippen LogP contribution < -0.4 is 93.6 Å². The van der Waals surface area contributed by atoms with Gasteiger partial charge in [0, 0.05) is 61.0 Å². The molecule has 0 aromatic heterocycles. The maximum Gasteiger partial charge on any atom is 1.00 e. The number of carboxylic acids is 1. The van der Waals surface area contributed by atoms with Gasteiger partial charge in [-0.15, -0.1) is 0 Å². The van der Waals surface area contributed by atoms with E-state index in [0.717, 1.165) is 0 Å². The Morgan fingerprint density at radius 1 is 0.703 bits per heavy atom. The molecule has 17 nitrogen and oxygen atoms in total. The molecule has 336 valence electrons. The Balaban J connectivity index is 0.00000683. The predicted octanol–water partition coefficient (Wildman–Crippen LogP) is -3.49. The summed E-state index contributed by atoms with van der Waals surface area (Å²) >= 11 is 0. The average Bonchev–Trinajstić information content (AvgIpc) is 3.51. The monoisotopic (exact) mass is 998 g/mol. The van der Waals surface area contributed by atoms with Crippen molar-refractivity contribution in [2.24, 2.45) is 0 Å². The summed E-state index contributed by atoms with van der Waals surface area (Å²) < 4.78 is 141. The normalized spacial score (nSPS) is 19.5. The van der Waals surface area contributed by atoms with Crippen molar-refractivity contribution in [2.75, 3.05) is 43.2 Å². The van der Waals surface area contributed by atoms with Crippen LogP contribution in [-0.2, 0) is 60.8 Å². The molecule has 0 saturated carbocycles. The van der Waals surface area contributed by atoms with E-state index in [1.54, 1.807) is 54.7 Å². The molecule has 2 unspecified atom stereocenters. The molecule has 0 fully saturated rings. The zero-order valence-electron chi connectivity index (χ0n) is 37.0. The number of methoxy groups -OCH3 is 1. The molecule has 2 aromatic rings. The van der Waals surface area contributed by atoms with Gasteiger partial charge in [-0.05, 0) is 94.3 Å². The molecular weight excluding hydrogens is 946 g/mol. The number of aliphatic carboxylic acids is 1. The summed E-state index contributed by atoms with van der Waals surface area (Å²) in [5.41, 5.74) is 1.66. The number of benzene rings is 2. The first-order valence-electron chi connectivity index (χ1n) is 19.3. The number of nitrogens with zero attached hydrogens (tertiary/aromatic N) is 2. The van der Waals surface area contributed by atoms with Crippen molar-refractivity contribution in [3.63, 3.8) is 0 Å². The van der Waals surface area contributed by atoms with Crippen LogP contribution in [0.2, 0.25) is 0 Å². The van der Waals surface area contributed by atoms with Crippen LogP contribution in [-0.4, -0.2) is 112 Å². The minimum atomic E-state index is -4.61. The molecule has 2 heterocycles. The predicted molar refractivity (Wildman–Crippen MR) is 229 cm³/mol. The summed E-state index contributed by atoms with van der Waals surface area (Å²) in [5, 5.41) is 9.09. The van der Waals surface area contributed by atoms with Gasteiger partial charge in [0.15, 0.2) is 5.71 Å². The zero-order chi connectivity index (χ0) is 45.4. The smallest absolute Gasteiger partial charge is 0.481 e. The number of carbonyl (C=O) groups is 1. The Labute approximate surface area is 443 Å². The fourth-order valence-corrected chi connectivity index (χ4v) is 10.0. The molecule has 0 amide bonds. The molecule has 2 aliphatic heterocycles. The van der Waals surface area contributed by atoms with Gasteiger partial charge < -0.3 is 14.7 Å². The fourth-order valence-electron chi connectivity index (χ4n) is 8.00. The second-order valence-electron chi connectivity index (χ2n) is 15.3. The SMILES string of the molecule is COCCN1C(=CC=CC=CC=CC2=[N+](CCCCCC(=O)O)c3ccc(S(=O)(=O)O)cc3C2(C)CCCS(=O)(=O)O)C(C)(CCCS(=O)(=O)O)c2cc(S(=O)(=O)O)ccc21.[Na+].[Na+].[Na+]. The molecule has 0 saturated heterocycles. The van der Waals surface area contributed by atoms with E-state index >= 15 is 0 Å². The van der Waals surface area contributed by atoms with Crippen LogP contribution in [0, 0.1) is 0 Å². The fraction of sp³-hybridized carbons (Fsp3) is 0.450. The molecule has 64 heavy (non-hydrogen) atoms. The van der Waals surface area contributed by atoms with Crippen molar-refractivity contribution >= 4 is 63.5 Å². The van der Waals surface area contributed by atoms with E-state index in [1.807, 2.05) is 23.3 Å². The maximum atomic E-state index is 12.2. The van der Waals surface area contributed by atoms with E-state index in [4.69, 9.17) is 9.84 Å². The Kier molecular flexibility index (Phi) is 24.3. The van der Waals surface area contributed by atoms with Gasteiger partial charge in [-0.25, -0.2) is 0 Å². The first-order chi connectivity index (χ1) is 28.3. The van der Waals surface area contributed by atoms with Crippen molar-refractivity contribution in [3.8, 4) is 0 Å². The first kappa shape index (κ1) is 61.0. The summed E-state index contributed by atoms with van der Waals surface area (Å²) in [4.78, 5) is 12.3. The van der Waals surface area contributed by atoms with Crippen LogP contribution in [0.25, 0.3) is 0 Å². The molecule has 0 radical (unpaired) electrons. The summed E-state index contributed by atoms with van der Waals surface area (Å²) in [7, 11) is -16.3. The summed E-state index contributed by atoms with van der Waals surface area (Å²) in [6.07, 6.45) is 14.2. The maximum absolute atomic E-state index is 12.2. The molecular formula is C40H53N2Na3O15S4+4. The van der Waals surface area contributed by atoms with Crippen LogP contribution in [0.4, 0.5) is 11.4 Å². The van der Waals surface area contributed by atoms with Crippen LogP contribution >= 0.6 is 0 Å². The van der Waals surface area contributed by atoms with Crippen molar-refractivity contribution in [2.45, 2.75) is 85.8 Å². The van der Waals surface area contributed by atoms with Gasteiger partial charge in [0.25, 0.3) is 40.5 Å². The third-order valence-corrected chi connectivity index (χ3v) is 14.2. The van der Waals surface area contributed by atoms with Gasteiger partial charge in [0.05, 0.1) is 33.3 Å². The minimum Gasteiger partial charge on any atom is -0.481 e. The summed E-state index contributed by atoms with van der Waals surface area (Å²) in [6, 6.07) is 8.35. The third-order valence-electron chi connectivity index (χ3n) is 10.9. The molecule has 4 rings (SSSR count). The minimum absolute atomic E-state index is 0. The summed E-state index contributed by atoms with van der Waals surface area (Å²) in [6.45, 7) is 4.64. The molecule has 0 bridgehead atoms. The van der Waals surface area contributed by atoms with E-state index in [-0.39, 0.29) is 137 Å². The second-order valence-corrected chi connectivity index (χ2v) is 21.3. The number of fused-ring (bicyclic) bond motifs is 2. The van der Waals surface area contributed by atoms with Crippen LogP contribution in [0.5, 0.6) is 0 Å². The quantitative estimate of drug-likeness (QED) is 0.0238. The Morgan fingerprint density at radius 2 is 1.23 bits per heavy atom.